The Morgan fingerprint density at radius 3 is 2.68 bits per heavy atom. The summed E-state index contributed by atoms with van der Waals surface area (Å²) in [6, 6.07) is 9.20. The Hall–Kier alpha value is -2.42. The minimum absolute atomic E-state index is 0.0524. The van der Waals surface area contributed by atoms with Crippen LogP contribution in [0.3, 0.4) is 0 Å². The Kier molecular flexibility index (Phi) is 5.48. The molecule has 1 heterocycles. The number of hydrogen-bond donors (Lipinski definition) is 1. The minimum Gasteiger partial charge on any atom is -0.550 e. The normalized spacial score (nSPS) is 12.0. The van der Waals surface area contributed by atoms with Crippen molar-refractivity contribution in [3.63, 3.8) is 0 Å². The molecule has 0 spiro atoms. The van der Waals surface area contributed by atoms with Crippen molar-refractivity contribution < 1.29 is 14.7 Å². The van der Waals surface area contributed by atoms with Crippen LogP contribution < -0.4 is 10.8 Å². The molecule has 1 atom stereocenters. The van der Waals surface area contributed by atoms with Crippen molar-refractivity contribution in [3.05, 3.63) is 35.9 Å². The van der Waals surface area contributed by atoms with Gasteiger partial charge in [-0.15, -0.1) is 5.10 Å². The molecule has 8 nitrogen and oxygen atoms in total. The number of carbonyl (C=O) groups is 2. The first kappa shape index (κ1) is 16.0. The predicted octanol–water partition coefficient (Wildman–Crippen LogP) is -0.826. The summed E-state index contributed by atoms with van der Waals surface area (Å²) in [4.78, 5) is 21.8. The van der Waals surface area contributed by atoms with E-state index < -0.39 is 11.9 Å². The van der Waals surface area contributed by atoms with Crippen LogP contribution >= 0.6 is 11.8 Å². The van der Waals surface area contributed by atoms with E-state index in [2.05, 4.69) is 15.5 Å². The lowest BCUT2D eigenvalue weighted by atomic mass is 9.96. The molecular formula is C13H14N5O3S-. The van der Waals surface area contributed by atoms with Crippen molar-refractivity contribution in [1.29, 1.82) is 0 Å². The van der Waals surface area contributed by atoms with E-state index in [1.54, 1.807) is 0 Å². The van der Waals surface area contributed by atoms with Gasteiger partial charge in [-0.05, 0) is 22.4 Å². The van der Waals surface area contributed by atoms with Crippen LogP contribution in [-0.2, 0) is 16.1 Å². The molecule has 2 rings (SSSR count). The SMILES string of the molecule is NC(=O)CSc1nnnn1C[C@@H](CC(=O)[O-])c1ccccc1. The molecule has 22 heavy (non-hydrogen) atoms. The average Bonchev–Trinajstić information content (AvgIpc) is 2.92. The van der Waals surface area contributed by atoms with Gasteiger partial charge in [0, 0.05) is 11.9 Å². The maximum absolute atomic E-state index is 11.0. The number of carboxylic acid groups (broad SMARTS) is 1. The highest BCUT2D eigenvalue weighted by atomic mass is 32.2. The third kappa shape index (κ3) is 4.55. The molecule has 0 unspecified atom stereocenters. The molecule has 0 aliphatic rings. The molecule has 0 radical (unpaired) electrons. The fourth-order valence-corrected chi connectivity index (χ4v) is 2.60. The van der Waals surface area contributed by atoms with Crippen LogP contribution in [0.1, 0.15) is 17.9 Å². The monoisotopic (exact) mass is 320 g/mol. The summed E-state index contributed by atoms with van der Waals surface area (Å²) in [6.07, 6.45) is -0.149. The number of primary amides is 1. The van der Waals surface area contributed by atoms with Crippen LogP contribution in [0.15, 0.2) is 35.5 Å². The molecule has 1 aromatic carbocycles. The van der Waals surface area contributed by atoms with Gasteiger partial charge in [0.1, 0.15) is 0 Å². The number of carboxylic acids is 1. The van der Waals surface area contributed by atoms with Crippen molar-refractivity contribution in [2.24, 2.45) is 5.73 Å². The first-order valence-electron chi connectivity index (χ1n) is 6.48. The van der Waals surface area contributed by atoms with E-state index in [-0.39, 0.29) is 24.6 Å². The summed E-state index contributed by atoms with van der Waals surface area (Å²) >= 11 is 1.11. The smallest absolute Gasteiger partial charge is 0.227 e. The number of tetrazole rings is 1. The Morgan fingerprint density at radius 2 is 2.05 bits per heavy atom. The number of nitrogens with zero attached hydrogens (tertiary/aromatic N) is 4. The Balaban J connectivity index is 2.15. The van der Waals surface area contributed by atoms with Crippen LogP contribution in [0, 0.1) is 0 Å². The standard InChI is InChI=1S/C13H15N5O3S/c14-11(19)8-22-13-15-16-17-18(13)7-10(6-12(20)21)9-4-2-1-3-5-9/h1-5,10H,6-8H2,(H2,14,19)(H,20,21)/p-1/t10-/m1/s1. The third-order valence-electron chi connectivity index (χ3n) is 2.92. The largest absolute Gasteiger partial charge is 0.550 e. The maximum Gasteiger partial charge on any atom is 0.227 e. The number of aromatic nitrogens is 4. The molecule has 0 aliphatic carbocycles. The topological polar surface area (TPSA) is 127 Å². The van der Waals surface area contributed by atoms with Gasteiger partial charge in [-0.2, -0.15) is 0 Å². The molecular weight excluding hydrogens is 306 g/mol. The van der Waals surface area contributed by atoms with Crippen molar-refractivity contribution >= 4 is 23.6 Å². The lowest BCUT2D eigenvalue weighted by molar-refractivity contribution is -0.306. The number of hydrogen-bond acceptors (Lipinski definition) is 7. The van der Waals surface area contributed by atoms with Gasteiger partial charge in [0.2, 0.25) is 11.1 Å². The molecule has 0 saturated carbocycles. The summed E-state index contributed by atoms with van der Waals surface area (Å²) < 4.78 is 1.47. The number of carbonyl (C=O) groups excluding carboxylic acids is 2. The lowest BCUT2D eigenvalue weighted by Crippen LogP contribution is -2.26. The van der Waals surface area contributed by atoms with E-state index in [4.69, 9.17) is 5.73 Å². The average molecular weight is 320 g/mol. The highest BCUT2D eigenvalue weighted by molar-refractivity contribution is 7.99. The van der Waals surface area contributed by atoms with E-state index in [1.807, 2.05) is 30.3 Å². The van der Waals surface area contributed by atoms with Crippen LogP contribution in [0.5, 0.6) is 0 Å². The second-order valence-electron chi connectivity index (χ2n) is 4.58. The molecule has 0 bridgehead atoms. The number of benzene rings is 1. The molecule has 2 aromatic rings. The molecule has 0 fully saturated rings. The van der Waals surface area contributed by atoms with Crippen molar-refractivity contribution in [1.82, 2.24) is 20.2 Å². The van der Waals surface area contributed by atoms with Crippen LogP contribution in [0.4, 0.5) is 0 Å². The molecule has 116 valence electrons. The third-order valence-corrected chi connectivity index (χ3v) is 3.90. The molecule has 0 saturated heterocycles. The van der Waals surface area contributed by atoms with Gasteiger partial charge in [-0.3, -0.25) is 4.79 Å². The molecule has 1 amide bonds. The van der Waals surface area contributed by atoms with Gasteiger partial charge < -0.3 is 15.6 Å². The van der Waals surface area contributed by atoms with E-state index in [0.29, 0.717) is 5.16 Å². The van der Waals surface area contributed by atoms with E-state index >= 15 is 0 Å². The van der Waals surface area contributed by atoms with E-state index in [9.17, 15) is 14.7 Å². The predicted molar refractivity (Wildman–Crippen MR) is 76.5 cm³/mol. The molecule has 1 aromatic heterocycles. The van der Waals surface area contributed by atoms with Gasteiger partial charge in [-0.1, -0.05) is 42.1 Å². The van der Waals surface area contributed by atoms with Crippen molar-refractivity contribution in [3.8, 4) is 0 Å². The van der Waals surface area contributed by atoms with Crippen molar-refractivity contribution in [2.75, 3.05) is 5.75 Å². The summed E-state index contributed by atoms with van der Waals surface area (Å²) in [5.41, 5.74) is 5.95. The van der Waals surface area contributed by atoms with E-state index in [1.165, 1.54) is 4.68 Å². The molecule has 0 aliphatic heterocycles. The zero-order valence-electron chi connectivity index (χ0n) is 11.6. The van der Waals surface area contributed by atoms with Gasteiger partial charge in [0.15, 0.2) is 0 Å². The highest BCUT2D eigenvalue weighted by Gasteiger charge is 2.17. The van der Waals surface area contributed by atoms with Gasteiger partial charge >= 0.3 is 0 Å². The summed E-state index contributed by atoms with van der Waals surface area (Å²) in [5.74, 6) is -1.90. The minimum atomic E-state index is -1.15. The zero-order valence-corrected chi connectivity index (χ0v) is 12.4. The van der Waals surface area contributed by atoms with Crippen LogP contribution in [-0.4, -0.2) is 37.8 Å². The van der Waals surface area contributed by atoms with E-state index in [0.717, 1.165) is 17.3 Å². The van der Waals surface area contributed by atoms with Gasteiger partial charge in [0.25, 0.3) is 0 Å². The summed E-state index contributed by atoms with van der Waals surface area (Å²) in [5, 5.41) is 22.6. The highest BCUT2D eigenvalue weighted by Crippen LogP contribution is 2.23. The molecule has 2 N–H and O–H groups in total. The van der Waals surface area contributed by atoms with Gasteiger partial charge in [-0.25, -0.2) is 4.68 Å². The quantitative estimate of drug-likeness (QED) is 0.629. The Labute approximate surface area is 130 Å². The first-order chi connectivity index (χ1) is 10.6. The lowest BCUT2D eigenvalue weighted by Gasteiger charge is -2.18. The number of nitrogens with two attached hydrogens (primary N) is 1. The fraction of sp³-hybridized carbons (Fsp3) is 0.308. The molecule has 9 heteroatoms. The number of aliphatic carboxylic acids is 1. The Morgan fingerprint density at radius 1 is 1.32 bits per heavy atom. The zero-order chi connectivity index (χ0) is 15.9. The number of amides is 1. The van der Waals surface area contributed by atoms with Crippen LogP contribution in [0.2, 0.25) is 0 Å². The summed E-state index contributed by atoms with van der Waals surface area (Å²) in [7, 11) is 0. The first-order valence-corrected chi connectivity index (χ1v) is 7.47. The Bertz CT molecular complexity index is 646. The fourth-order valence-electron chi connectivity index (χ4n) is 1.97. The second-order valence-corrected chi connectivity index (χ2v) is 5.52. The maximum atomic E-state index is 11.0. The van der Waals surface area contributed by atoms with Crippen LogP contribution in [0.25, 0.3) is 0 Å². The summed E-state index contributed by atoms with van der Waals surface area (Å²) in [6.45, 7) is 0.270. The van der Waals surface area contributed by atoms with Gasteiger partial charge in [0.05, 0.1) is 12.3 Å². The number of rotatable bonds is 8. The van der Waals surface area contributed by atoms with Crippen molar-refractivity contribution in [2.45, 2.75) is 24.0 Å². The second kappa shape index (κ2) is 7.55. The number of thioether (sulfide) groups is 1.